The van der Waals surface area contributed by atoms with Crippen LogP contribution in [0.25, 0.3) is 66.4 Å². The summed E-state index contributed by atoms with van der Waals surface area (Å²) in [5.41, 5.74) is 17.3. The molecule has 2 heteroatoms. The van der Waals surface area contributed by atoms with Crippen LogP contribution in [0.5, 0.6) is 0 Å². The first kappa shape index (κ1) is 34.5. The van der Waals surface area contributed by atoms with Crippen LogP contribution in [0.1, 0.15) is 25.0 Å². The maximum atomic E-state index is 14.5. The third-order valence-corrected chi connectivity index (χ3v) is 11.7. The summed E-state index contributed by atoms with van der Waals surface area (Å²) in [6, 6.07) is 72.5. The molecule has 0 fully saturated rings. The van der Waals surface area contributed by atoms with E-state index in [0.717, 1.165) is 61.2 Å². The molecule has 0 bridgehead atoms. The highest BCUT2D eigenvalue weighted by atomic mass is 19.1. The van der Waals surface area contributed by atoms with Gasteiger partial charge in [-0.05, 0) is 121 Å². The van der Waals surface area contributed by atoms with Crippen molar-refractivity contribution in [3.8, 4) is 55.6 Å². The van der Waals surface area contributed by atoms with Crippen LogP contribution in [0.4, 0.5) is 21.5 Å². The molecule has 1 aliphatic rings. The number of benzene rings is 9. The van der Waals surface area contributed by atoms with Gasteiger partial charge in [-0.25, -0.2) is 4.39 Å². The second-order valence-corrected chi connectivity index (χ2v) is 15.5. The van der Waals surface area contributed by atoms with Crippen molar-refractivity contribution in [2.45, 2.75) is 19.3 Å². The zero-order valence-electron chi connectivity index (χ0n) is 32.0. The van der Waals surface area contributed by atoms with E-state index in [2.05, 4.69) is 201 Å². The quantitative estimate of drug-likeness (QED) is 0.158. The van der Waals surface area contributed by atoms with Gasteiger partial charge < -0.3 is 4.90 Å². The highest BCUT2D eigenvalue weighted by Gasteiger charge is 2.35. The lowest BCUT2D eigenvalue weighted by Crippen LogP contribution is -2.15. The Kier molecular flexibility index (Phi) is 8.42. The van der Waals surface area contributed by atoms with Crippen LogP contribution in [0.3, 0.4) is 0 Å². The first-order valence-electron chi connectivity index (χ1n) is 19.6. The van der Waals surface area contributed by atoms with Crippen LogP contribution in [-0.4, -0.2) is 0 Å². The topological polar surface area (TPSA) is 3.24 Å². The number of hydrogen-bond donors (Lipinski definition) is 0. The van der Waals surface area contributed by atoms with Crippen LogP contribution < -0.4 is 4.90 Å². The van der Waals surface area contributed by atoms with Gasteiger partial charge in [0.15, 0.2) is 0 Å². The summed E-state index contributed by atoms with van der Waals surface area (Å²) >= 11 is 0. The summed E-state index contributed by atoms with van der Waals surface area (Å²) in [5, 5.41) is 2.23. The lowest BCUT2D eigenvalue weighted by Gasteiger charge is -2.29. The van der Waals surface area contributed by atoms with Crippen molar-refractivity contribution in [3.05, 3.63) is 223 Å². The molecule has 0 aliphatic heterocycles. The van der Waals surface area contributed by atoms with Crippen molar-refractivity contribution in [2.75, 3.05) is 4.90 Å². The van der Waals surface area contributed by atoms with E-state index in [1.165, 1.54) is 39.4 Å². The van der Waals surface area contributed by atoms with Gasteiger partial charge in [0.25, 0.3) is 0 Å². The Morgan fingerprint density at radius 1 is 0.368 bits per heavy atom. The van der Waals surface area contributed by atoms with Crippen LogP contribution in [-0.2, 0) is 5.41 Å². The molecule has 0 N–H and O–H groups in total. The molecular formula is C55H40FN. The van der Waals surface area contributed by atoms with Crippen LogP contribution >= 0.6 is 0 Å². The highest BCUT2D eigenvalue weighted by molar-refractivity contribution is 6.06. The monoisotopic (exact) mass is 733 g/mol. The van der Waals surface area contributed by atoms with E-state index in [4.69, 9.17) is 0 Å². The van der Waals surface area contributed by atoms with Crippen molar-refractivity contribution >= 4 is 27.8 Å². The second kappa shape index (κ2) is 13.9. The Hall–Kier alpha value is -7.03. The van der Waals surface area contributed by atoms with Crippen molar-refractivity contribution in [1.82, 2.24) is 0 Å². The molecule has 0 amide bonds. The Labute approximate surface area is 334 Å². The number of anilines is 3. The molecule has 57 heavy (non-hydrogen) atoms. The number of halogens is 1. The average molecular weight is 734 g/mol. The molecule has 1 nitrogen and oxygen atoms in total. The van der Waals surface area contributed by atoms with Gasteiger partial charge in [0.05, 0.1) is 5.69 Å². The minimum atomic E-state index is -0.239. The fourth-order valence-electron chi connectivity index (χ4n) is 8.94. The smallest absolute Gasteiger partial charge is 0.123 e. The van der Waals surface area contributed by atoms with Crippen LogP contribution in [0, 0.1) is 5.82 Å². The zero-order chi connectivity index (χ0) is 38.5. The van der Waals surface area contributed by atoms with E-state index in [1.807, 2.05) is 6.07 Å². The normalized spacial score (nSPS) is 12.6. The standard InChI is InChI=1S/C55H40FN/c1-55(2)51-26-8-6-23-49(51)50-33-30-42(36-52(50)55)46-22-7-9-27-53(46)57(45-21-11-18-40(35-45)37-14-4-3-5-15-37)44-31-28-38(29-32-44)47-24-12-16-39-17-13-25-48(54(39)47)41-19-10-20-43(56)34-41/h3-36H,1-2H3. The van der Waals surface area contributed by atoms with Gasteiger partial charge in [0.1, 0.15) is 5.82 Å². The lowest BCUT2D eigenvalue weighted by atomic mass is 9.81. The molecule has 0 atom stereocenters. The third-order valence-electron chi connectivity index (χ3n) is 11.7. The SMILES string of the molecule is CC1(C)c2ccccc2-c2ccc(-c3ccccc3N(c3ccc(-c4cccc5cccc(-c6cccc(F)c6)c45)cc3)c3cccc(-c4ccccc4)c3)cc21. The number of hydrogen-bond acceptors (Lipinski definition) is 1. The van der Waals surface area contributed by atoms with E-state index < -0.39 is 0 Å². The molecule has 0 saturated carbocycles. The van der Waals surface area contributed by atoms with Gasteiger partial charge in [-0.1, -0.05) is 172 Å². The highest BCUT2D eigenvalue weighted by Crippen LogP contribution is 2.51. The molecular weight excluding hydrogens is 694 g/mol. The molecule has 0 spiro atoms. The Morgan fingerprint density at radius 3 is 1.74 bits per heavy atom. The van der Waals surface area contributed by atoms with Gasteiger partial charge in [0.2, 0.25) is 0 Å². The fourth-order valence-corrected chi connectivity index (χ4v) is 8.94. The molecule has 0 heterocycles. The maximum Gasteiger partial charge on any atom is 0.123 e. The van der Waals surface area contributed by atoms with Crippen LogP contribution in [0.15, 0.2) is 206 Å². The average Bonchev–Trinajstić information content (AvgIpc) is 3.49. The Balaban J connectivity index is 1.12. The summed E-state index contributed by atoms with van der Waals surface area (Å²) in [6.45, 7) is 4.68. The predicted octanol–water partition coefficient (Wildman–Crippen LogP) is 15.4. The Morgan fingerprint density at radius 2 is 0.947 bits per heavy atom. The van der Waals surface area contributed by atoms with E-state index in [1.54, 1.807) is 12.1 Å². The summed E-state index contributed by atoms with van der Waals surface area (Å²) in [5.74, 6) is -0.239. The predicted molar refractivity (Wildman–Crippen MR) is 238 cm³/mol. The molecule has 0 radical (unpaired) electrons. The molecule has 10 rings (SSSR count). The molecule has 1 aliphatic carbocycles. The first-order valence-corrected chi connectivity index (χ1v) is 19.6. The number of para-hydroxylation sites is 1. The van der Waals surface area contributed by atoms with Crippen LogP contribution in [0.2, 0.25) is 0 Å². The maximum absolute atomic E-state index is 14.5. The van der Waals surface area contributed by atoms with Gasteiger partial charge in [-0.15, -0.1) is 0 Å². The lowest BCUT2D eigenvalue weighted by molar-refractivity contribution is 0.628. The number of fused-ring (bicyclic) bond motifs is 4. The van der Waals surface area contributed by atoms with Gasteiger partial charge in [0, 0.05) is 22.4 Å². The molecule has 9 aromatic rings. The van der Waals surface area contributed by atoms with E-state index in [9.17, 15) is 4.39 Å². The summed E-state index contributed by atoms with van der Waals surface area (Å²) in [7, 11) is 0. The summed E-state index contributed by atoms with van der Waals surface area (Å²) in [6.07, 6.45) is 0. The Bertz CT molecular complexity index is 2940. The van der Waals surface area contributed by atoms with E-state index in [0.29, 0.717) is 0 Å². The molecule has 0 unspecified atom stereocenters. The molecule has 0 aromatic heterocycles. The number of nitrogens with zero attached hydrogens (tertiary/aromatic N) is 1. The minimum Gasteiger partial charge on any atom is -0.310 e. The van der Waals surface area contributed by atoms with Crippen molar-refractivity contribution < 1.29 is 4.39 Å². The largest absolute Gasteiger partial charge is 0.310 e. The zero-order valence-corrected chi connectivity index (χ0v) is 32.0. The van der Waals surface area contributed by atoms with Gasteiger partial charge in [-0.3, -0.25) is 0 Å². The third kappa shape index (κ3) is 6.02. The molecule has 9 aromatic carbocycles. The molecule has 0 saturated heterocycles. The van der Waals surface area contributed by atoms with Gasteiger partial charge in [-0.2, -0.15) is 0 Å². The van der Waals surface area contributed by atoms with E-state index >= 15 is 0 Å². The fraction of sp³-hybridized carbons (Fsp3) is 0.0545. The first-order chi connectivity index (χ1) is 27.9. The van der Waals surface area contributed by atoms with Crippen molar-refractivity contribution in [1.29, 1.82) is 0 Å². The van der Waals surface area contributed by atoms with E-state index in [-0.39, 0.29) is 11.2 Å². The second-order valence-electron chi connectivity index (χ2n) is 15.5. The molecule has 272 valence electrons. The number of rotatable bonds is 7. The van der Waals surface area contributed by atoms with Crippen molar-refractivity contribution in [2.24, 2.45) is 0 Å². The van der Waals surface area contributed by atoms with Gasteiger partial charge >= 0.3 is 0 Å². The minimum absolute atomic E-state index is 0.105. The summed E-state index contributed by atoms with van der Waals surface area (Å²) in [4.78, 5) is 2.39. The summed E-state index contributed by atoms with van der Waals surface area (Å²) < 4.78 is 14.5. The van der Waals surface area contributed by atoms with Crippen molar-refractivity contribution in [3.63, 3.8) is 0 Å².